The van der Waals surface area contributed by atoms with E-state index < -0.39 is 117 Å². The first-order chi connectivity index (χ1) is 22.2. The molecule has 0 aromatic heterocycles. The van der Waals surface area contributed by atoms with Gasteiger partial charge in [0.2, 0.25) is 6.36 Å². The SMILES string of the molecule is CC(=O)OCC1O[C@@H](O[C@H]2C(COC(C)=O)O[C@@H](F)C(OC(C)=O)[C@H]2OC(C)=O)C(OC(C)=O)[C@@H](OC(C)=O)[C@H]1OC1CCCCO1. The molecule has 17 nitrogen and oxygen atoms in total. The van der Waals surface area contributed by atoms with E-state index in [1.54, 1.807) is 0 Å². The fourth-order valence-electron chi connectivity index (χ4n) is 5.28. The largest absolute Gasteiger partial charge is 0.463 e. The molecule has 0 aromatic carbocycles. The number of hydrogen-bond donors (Lipinski definition) is 0. The lowest BCUT2D eigenvalue weighted by Crippen LogP contribution is -2.67. The Morgan fingerprint density at radius 1 is 0.574 bits per heavy atom. The third-order valence-corrected chi connectivity index (χ3v) is 7.02. The minimum atomic E-state index is -2.38. The highest BCUT2D eigenvalue weighted by molar-refractivity contribution is 5.68. The second-order valence-corrected chi connectivity index (χ2v) is 11.0. The molecular formula is C29H41FO17. The lowest BCUT2D eigenvalue weighted by atomic mass is 9.96. The summed E-state index contributed by atoms with van der Waals surface area (Å²) in [5.74, 6) is -5.05. The number of hydrogen-bond acceptors (Lipinski definition) is 17. The van der Waals surface area contributed by atoms with Crippen LogP contribution in [0.1, 0.15) is 60.8 Å². The van der Waals surface area contributed by atoms with E-state index in [0.717, 1.165) is 54.4 Å². The Hall–Kier alpha value is -3.45. The highest BCUT2D eigenvalue weighted by Gasteiger charge is 2.57. The summed E-state index contributed by atoms with van der Waals surface area (Å²) < 4.78 is 76.5. The van der Waals surface area contributed by atoms with E-state index in [-0.39, 0.29) is 0 Å². The van der Waals surface area contributed by atoms with E-state index in [0.29, 0.717) is 13.0 Å². The van der Waals surface area contributed by atoms with Gasteiger partial charge in [-0.25, -0.2) is 4.39 Å². The van der Waals surface area contributed by atoms with Gasteiger partial charge in [0.15, 0.2) is 37.0 Å². The lowest BCUT2D eigenvalue weighted by Gasteiger charge is -2.48. The molecule has 0 bridgehead atoms. The summed E-state index contributed by atoms with van der Waals surface area (Å²) in [5.41, 5.74) is 0. The zero-order chi connectivity index (χ0) is 34.8. The Labute approximate surface area is 269 Å². The van der Waals surface area contributed by atoms with E-state index in [9.17, 15) is 28.8 Å². The maximum atomic E-state index is 15.3. The van der Waals surface area contributed by atoms with Crippen molar-refractivity contribution in [3.63, 3.8) is 0 Å². The summed E-state index contributed by atoms with van der Waals surface area (Å²) in [6.45, 7) is 5.65. The molecule has 3 rings (SSSR count). The average molecular weight is 681 g/mol. The maximum Gasteiger partial charge on any atom is 0.303 e. The number of carbonyl (C=O) groups excluding carboxylic acids is 6. The normalized spacial score (nSPS) is 33.9. The number of carbonyl (C=O) groups is 6. The number of halogens is 1. The molecule has 0 saturated carbocycles. The minimum Gasteiger partial charge on any atom is -0.463 e. The predicted octanol–water partition coefficient (Wildman–Crippen LogP) is 0.556. The first kappa shape index (κ1) is 38.0. The van der Waals surface area contributed by atoms with Crippen LogP contribution in [0.2, 0.25) is 0 Å². The Bertz CT molecular complexity index is 1130. The smallest absolute Gasteiger partial charge is 0.303 e. The molecule has 266 valence electrons. The molecule has 18 heteroatoms. The van der Waals surface area contributed by atoms with E-state index >= 15 is 4.39 Å². The summed E-state index contributed by atoms with van der Waals surface area (Å²) in [6.07, 6.45) is -15.3. The van der Waals surface area contributed by atoms with Crippen molar-refractivity contribution in [2.45, 2.75) is 129 Å². The Kier molecular flexibility index (Phi) is 14.3. The molecule has 3 fully saturated rings. The van der Waals surface area contributed by atoms with Crippen LogP contribution in [0.4, 0.5) is 4.39 Å². The Morgan fingerprint density at radius 3 is 1.53 bits per heavy atom. The molecule has 0 aromatic rings. The van der Waals surface area contributed by atoms with Gasteiger partial charge in [-0.2, -0.15) is 0 Å². The molecule has 0 amide bonds. The van der Waals surface area contributed by atoms with Crippen LogP contribution in [0.3, 0.4) is 0 Å². The van der Waals surface area contributed by atoms with Crippen molar-refractivity contribution < 1.29 is 85.3 Å². The van der Waals surface area contributed by atoms with Gasteiger partial charge in [0.25, 0.3) is 0 Å². The van der Waals surface area contributed by atoms with Crippen LogP contribution in [0.25, 0.3) is 0 Å². The van der Waals surface area contributed by atoms with Crippen LogP contribution in [0.5, 0.6) is 0 Å². The van der Waals surface area contributed by atoms with Crippen molar-refractivity contribution in [2.75, 3.05) is 19.8 Å². The number of alkyl halides is 1. The summed E-state index contributed by atoms with van der Waals surface area (Å²) in [7, 11) is 0. The molecule has 11 atom stereocenters. The van der Waals surface area contributed by atoms with Gasteiger partial charge in [-0.3, -0.25) is 28.8 Å². The molecule has 0 radical (unpaired) electrons. The van der Waals surface area contributed by atoms with Crippen molar-refractivity contribution in [2.24, 2.45) is 0 Å². The van der Waals surface area contributed by atoms with E-state index in [1.165, 1.54) is 0 Å². The average Bonchev–Trinajstić information content (AvgIpc) is 2.96. The summed E-state index contributed by atoms with van der Waals surface area (Å²) in [6, 6.07) is 0. The van der Waals surface area contributed by atoms with Gasteiger partial charge in [0, 0.05) is 48.1 Å². The highest BCUT2D eigenvalue weighted by Crippen LogP contribution is 2.36. The van der Waals surface area contributed by atoms with Crippen molar-refractivity contribution in [1.29, 1.82) is 0 Å². The van der Waals surface area contributed by atoms with Gasteiger partial charge in [-0.1, -0.05) is 0 Å². The fraction of sp³-hybridized carbons (Fsp3) is 0.793. The third kappa shape index (κ3) is 11.3. The van der Waals surface area contributed by atoms with Gasteiger partial charge < -0.3 is 52.1 Å². The lowest BCUT2D eigenvalue weighted by molar-refractivity contribution is -0.362. The zero-order valence-corrected chi connectivity index (χ0v) is 26.9. The van der Waals surface area contributed by atoms with Crippen molar-refractivity contribution in [3.05, 3.63) is 0 Å². The van der Waals surface area contributed by atoms with Gasteiger partial charge >= 0.3 is 35.8 Å². The highest BCUT2D eigenvalue weighted by atomic mass is 19.1. The second-order valence-electron chi connectivity index (χ2n) is 11.0. The van der Waals surface area contributed by atoms with E-state index in [2.05, 4.69) is 0 Å². The van der Waals surface area contributed by atoms with Crippen LogP contribution < -0.4 is 0 Å². The molecule has 0 aliphatic carbocycles. The van der Waals surface area contributed by atoms with Gasteiger partial charge in [0.1, 0.15) is 37.6 Å². The summed E-state index contributed by atoms with van der Waals surface area (Å²) in [4.78, 5) is 72.3. The van der Waals surface area contributed by atoms with Crippen molar-refractivity contribution >= 4 is 35.8 Å². The van der Waals surface area contributed by atoms with Gasteiger partial charge in [-0.15, -0.1) is 0 Å². The van der Waals surface area contributed by atoms with Crippen LogP contribution in [-0.4, -0.2) is 123 Å². The van der Waals surface area contributed by atoms with Crippen molar-refractivity contribution in [3.8, 4) is 0 Å². The number of esters is 6. The van der Waals surface area contributed by atoms with Crippen LogP contribution in [0.15, 0.2) is 0 Å². The van der Waals surface area contributed by atoms with E-state index in [4.69, 9.17) is 52.1 Å². The molecular weight excluding hydrogens is 639 g/mol. The van der Waals surface area contributed by atoms with Crippen LogP contribution in [-0.2, 0) is 80.9 Å². The predicted molar refractivity (Wildman–Crippen MR) is 147 cm³/mol. The zero-order valence-electron chi connectivity index (χ0n) is 26.9. The van der Waals surface area contributed by atoms with Crippen molar-refractivity contribution in [1.82, 2.24) is 0 Å². The fourth-order valence-corrected chi connectivity index (χ4v) is 5.28. The standard InChI is InChI=1S/C29H41FO17/c1-13(31)38-11-19-23(24(40-15(3)33)26(28(30)44-19)42-17(5)35)47-29-27(43-18(6)36)25(41-16(4)34)22(20(45-29)12-39-14(2)32)46-21-9-7-8-10-37-21/h19-29H,7-12H2,1-6H3/t19?,20?,21?,22-,23-,24-,25-,26?,27?,28+,29-/m0/s1. The maximum absolute atomic E-state index is 15.3. The number of ether oxygens (including phenoxy) is 11. The Morgan fingerprint density at radius 2 is 1.04 bits per heavy atom. The molecule has 3 heterocycles. The molecule has 5 unspecified atom stereocenters. The van der Waals surface area contributed by atoms with E-state index in [1.807, 2.05) is 0 Å². The van der Waals surface area contributed by atoms with Gasteiger partial charge in [0.05, 0.1) is 0 Å². The molecule has 3 aliphatic rings. The minimum absolute atomic E-state index is 0.381. The summed E-state index contributed by atoms with van der Waals surface area (Å²) in [5, 5.41) is 0. The van der Waals surface area contributed by atoms with Crippen LogP contribution >= 0.6 is 0 Å². The molecule has 0 spiro atoms. The first-order valence-electron chi connectivity index (χ1n) is 15.0. The third-order valence-electron chi connectivity index (χ3n) is 7.02. The van der Waals surface area contributed by atoms with Crippen LogP contribution in [0, 0.1) is 0 Å². The molecule has 3 aliphatic heterocycles. The Balaban J connectivity index is 2.09. The number of rotatable bonds is 12. The molecule has 0 N–H and O–H groups in total. The molecule has 3 saturated heterocycles. The quantitative estimate of drug-likeness (QED) is 0.204. The van der Waals surface area contributed by atoms with Gasteiger partial charge in [-0.05, 0) is 19.3 Å². The molecule has 47 heavy (non-hydrogen) atoms. The summed E-state index contributed by atoms with van der Waals surface area (Å²) >= 11 is 0. The topological polar surface area (TPSA) is 204 Å². The second kappa shape index (κ2) is 17.6. The monoisotopic (exact) mass is 680 g/mol. The first-order valence-corrected chi connectivity index (χ1v) is 15.0.